The van der Waals surface area contributed by atoms with Gasteiger partial charge in [-0.1, -0.05) is 0 Å². The van der Waals surface area contributed by atoms with Gasteiger partial charge >= 0.3 is 5.97 Å². The summed E-state index contributed by atoms with van der Waals surface area (Å²) in [6, 6.07) is 2.77. The molecule has 0 aromatic heterocycles. The number of aromatic carboxylic acids is 1. The van der Waals surface area contributed by atoms with Crippen LogP contribution in [0.4, 0.5) is 4.39 Å². The SMILES string of the molecule is CSc1ccc(F)c(C(=O)O)c1C. The van der Waals surface area contributed by atoms with Crippen molar-refractivity contribution >= 4 is 17.7 Å². The van der Waals surface area contributed by atoms with E-state index in [1.165, 1.54) is 17.8 Å². The van der Waals surface area contributed by atoms with E-state index in [2.05, 4.69) is 0 Å². The van der Waals surface area contributed by atoms with Gasteiger partial charge in [-0.3, -0.25) is 0 Å². The number of halogens is 1. The van der Waals surface area contributed by atoms with Gasteiger partial charge in [0.05, 0.1) is 5.56 Å². The van der Waals surface area contributed by atoms with Crippen molar-refractivity contribution in [2.45, 2.75) is 11.8 Å². The van der Waals surface area contributed by atoms with E-state index >= 15 is 0 Å². The van der Waals surface area contributed by atoms with E-state index in [1.54, 1.807) is 13.0 Å². The number of carbonyl (C=O) groups is 1. The lowest BCUT2D eigenvalue weighted by atomic mass is 10.1. The van der Waals surface area contributed by atoms with Crippen molar-refractivity contribution in [1.82, 2.24) is 0 Å². The van der Waals surface area contributed by atoms with E-state index in [0.717, 1.165) is 4.90 Å². The highest BCUT2D eigenvalue weighted by Crippen LogP contribution is 2.24. The molecule has 4 heteroatoms. The lowest BCUT2D eigenvalue weighted by molar-refractivity contribution is 0.0690. The number of rotatable bonds is 2. The minimum absolute atomic E-state index is 0.230. The summed E-state index contributed by atoms with van der Waals surface area (Å²) in [6.07, 6.45) is 1.83. The summed E-state index contributed by atoms with van der Waals surface area (Å²) in [5, 5.41) is 8.72. The van der Waals surface area contributed by atoms with Gasteiger partial charge in [-0.2, -0.15) is 0 Å². The molecule has 0 amide bonds. The molecule has 0 aliphatic rings. The van der Waals surface area contributed by atoms with Crippen LogP contribution in [-0.4, -0.2) is 17.3 Å². The Balaban J connectivity index is 3.38. The summed E-state index contributed by atoms with van der Waals surface area (Å²) in [5.74, 6) is -1.89. The van der Waals surface area contributed by atoms with Gasteiger partial charge in [0, 0.05) is 4.90 Å². The second-order valence-corrected chi connectivity index (χ2v) is 3.40. The van der Waals surface area contributed by atoms with Crippen LogP contribution in [0.25, 0.3) is 0 Å². The summed E-state index contributed by atoms with van der Waals surface area (Å²) in [4.78, 5) is 11.5. The van der Waals surface area contributed by atoms with Crippen LogP contribution < -0.4 is 0 Å². The molecule has 1 N–H and O–H groups in total. The van der Waals surface area contributed by atoms with Crippen LogP contribution in [0.5, 0.6) is 0 Å². The summed E-state index contributed by atoms with van der Waals surface area (Å²) in [7, 11) is 0. The Morgan fingerprint density at radius 1 is 1.54 bits per heavy atom. The molecule has 0 spiro atoms. The number of carboxylic acid groups (broad SMARTS) is 1. The molecule has 0 bridgehead atoms. The average Bonchev–Trinajstić information content (AvgIpc) is 2.04. The highest BCUT2D eigenvalue weighted by molar-refractivity contribution is 7.98. The largest absolute Gasteiger partial charge is 0.478 e. The van der Waals surface area contributed by atoms with E-state index in [0.29, 0.717) is 5.56 Å². The first kappa shape index (κ1) is 10.1. The topological polar surface area (TPSA) is 37.3 Å². The highest BCUT2D eigenvalue weighted by atomic mass is 32.2. The van der Waals surface area contributed by atoms with Crippen LogP contribution in [0.15, 0.2) is 17.0 Å². The molecule has 0 aliphatic heterocycles. The van der Waals surface area contributed by atoms with Crippen LogP contribution in [0.2, 0.25) is 0 Å². The Labute approximate surface area is 79.8 Å². The number of benzene rings is 1. The first-order chi connectivity index (χ1) is 6.07. The minimum atomic E-state index is -1.22. The van der Waals surface area contributed by atoms with Crippen molar-refractivity contribution in [3.8, 4) is 0 Å². The zero-order chi connectivity index (χ0) is 10.0. The van der Waals surface area contributed by atoms with Crippen LogP contribution in [-0.2, 0) is 0 Å². The Hall–Kier alpha value is -1.03. The second-order valence-electron chi connectivity index (χ2n) is 2.55. The van der Waals surface area contributed by atoms with Gasteiger partial charge in [-0.15, -0.1) is 11.8 Å². The predicted molar refractivity (Wildman–Crippen MR) is 49.9 cm³/mol. The van der Waals surface area contributed by atoms with Crippen LogP contribution in [0, 0.1) is 12.7 Å². The molecule has 0 saturated carbocycles. The van der Waals surface area contributed by atoms with E-state index < -0.39 is 11.8 Å². The monoisotopic (exact) mass is 200 g/mol. The van der Waals surface area contributed by atoms with Crippen LogP contribution in [0.3, 0.4) is 0 Å². The van der Waals surface area contributed by atoms with Crippen molar-refractivity contribution in [1.29, 1.82) is 0 Å². The number of hydrogen-bond donors (Lipinski definition) is 1. The zero-order valence-corrected chi connectivity index (χ0v) is 8.11. The molecule has 1 aromatic carbocycles. The Bertz CT molecular complexity index is 350. The predicted octanol–water partition coefficient (Wildman–Crippen LogP) is 2.55. The van der Waals surface area contributed by atoms with Crippen molar-refractivity contribution < 1.29 is 14.3 Å². The van der Waals surface area contributed by atoms with Crippen molar-refractivity contribution in [2.24, 2.45) is 0 Å². The van der Waals surface area contributed by atoms with E-state index in [4.69, 9.17) is 5.11 Å². The first-order valence-electron chi connectivity index (χ1n) is 3.64. The van der Waals surface area contributed by atoms with Gasteiger partial charge in [-0.25, -0.2) is 9.18 Å². The Kier molecular flexibility index (Phi) is 2.93. The molecule has 0 heterocycles. The first-order valence-corrected chi connectivity index (χ1v) is 4.86. The smallest absolute Gasteiger partial charge is 0.338 e. The van der Waals surface area contributed by atoms with E-state index in [1.807, 2.05) is 6.26 Å². The lowest BCUT2D eigenvalue weighted by Gasteiger charge is -2.06. The van der Waals surface area contributed by atoms with Crippen LogP contribution in [0.1, 0.15) is 15.9 Å². The summed E-state index contributed by atoms with van der Waals surface area (Å²) >= 11 is 1.41. The molecular formula is C9H9FO2S. The molecule has 0 saturated heterocycles. The maximum Gasteiger partial charge on any atom is 0.338 e. The van der Waals surface area contributed by atoms with Gasteiger partial charge < -0.3 is 5.11 Å². The number of hydrogen-bond acceptors (Lipinski definition) is 2. The summed E-state index contributed by atoms with van der Waals surface area (Å²) in [6.45, 7) is 1.61. The minimum Gasteiger partial charge on any atom is -0.478 e. The second kappa shape index (κ2) is 3.79. The summed E-state index contributed by atoms with van der Waals surface area (Å²) < 4.78 is 13.0. The average molecular weight is 200 g/mol. The number of thioether (sulfide) groups is 1. The van der Waals surface area contributed by atoms with Crippen molar-refractivity contribution in [2.75, 3.05) is 6.26 Å². The highest BCUT2D eigenvalue weighted by Gasteiger charge is 2.15. The fraction of sp³-hybridized carbons (Fsp3) is 0.222. The van der Waals surface area contributed by atoms with Crippen molar-refractivity contribution in [3.63, 3.8) is 0 Å². The van der Waals surface area contributed by atoms with Gasteiger partial charge in [0.15, 0.2) is 0 Å². The van der Waals surface area contributed by atoms with Crippen LogP contribution >= 0.6 is 11.8 Å². The van der Waals surface area contributed by atoms with Gasteiger partial charge in [0.1, 0.15) is 5.82 Å². The van der Waals surface area contributed by atoms with Gasteiger partial charge in [-0.05, 0) is 30.9 Å². The normalized spacial score (nSPS) is 10.1. The molecule has 0 aliphatic carbocycles. The maximum atomic E-state index is 13.0. The molecule has 2 nitrogen and oxygen atoms in total. The molecule has 1 rings (SSSR count). The van der Waals surface area contributed by atoms with Gasteiger partial charge in [0.2, 0.25) is 0 Å². The lowest BCUT2D eigenvalue weighted by Crippen LogP contribution is -2.04. The fourth-order valence-corrected chi connectivity index (χ4v) is 1.76. The molecule has 1 aromatic rings. The molecule has 70 valence electrons. The molecule has 13 heavy (non-hydrogen) atoms. The standard InChI is InChI=1S/C9H9FO2S/c1-5-7(13-2)4-3-6(10)8(5)9(11)12/h3-4H,1-2H3,(H,11,12). The van der Waals surface area contributed by atoms with E-state index in [-0.39, 0.29) is 5.56 Å². The van der Waals surface area contributed by atoms with Gasteiger partial charge in [0.25, 0.3) is 0 Å². The van der Waals surface area contributed by atoms with Crippen molar-refractivity contribution in [3.05, 3.63) is 29.1 Å². The Morgan fingerprint density at radius 2 is 2.15 bits per heavy atom. The molecule has 0 unspecified atom stereocenters. The molecule has 0 fully saturated rings. The zero-order valence-electron chi connectivity index (χ0n) is 7.30. The quantitative estimate of drug-likeness (QED) is 0.745. The molecular weight excluding hydrogens is 191 g/mol. The fourth-order valence-electron chi connectivity index (χ4n) is 1.14. The Morgan fingerprint density at radius 3 is 2.62 bits per heavy atom. The molecule has 0 radical (unpaired) electrons. The third kappa shape index (κ3) is 1.83. The number of carboxylic acids is 1. The van der Waals surface area contributed by atoms with E-state index in [9.17, 15) is 9.18 Å². The summed E-state index contributed by atoms with van der Waals surface area (Å²) in [5.41, 5.74) is 0.256. The third-order valence-corrected chi connectivity index (χ3v) is 2.68. The maximum absolute atomic E-state index is 13.0. The third-order valence-electron chi connectivity index (χ3n) is 1.80. The molecule has 0 atom stereocenters.